The minimum absolute atomic E-state index is 0.0142. The summed E-state index contributed by atoms with van der Waals surface area (Å²) >= 11 is 1.87. The van der Waals surface area contributed by atoms with Gasteiger partial charge in [0.1, 0.15) is 12.4 Å². The lowest BCUT2D eigenvalue weighted by Crippen LogP contribution is -2.36. The van der Waals surface area contributed by atoms with Gasteiger partial charge in [0.05, 0.1) is 12.1 Å². The quantitative estimate of drug-likeness (QED) is 0.0773. The van der Waals surface area contributed by atoms with E-state index in [2.05, 4.69) is 21.3 Å². The monoisotopic (exact) mass is 657 g/mol. The molecule has 16 heteroatoms. The summed E-state index contributed by atoms with van der Waals surface area (Å²) < 4.78 is 21.4. The number of nitrogens with zero attached hydrogens (tertiary/aromatic N) is 1. The lowest BCUT2D eigenvalue weighted by Gasteiger charge is -2.19. The number of thioether (sulfide) groups is 1. The molecule has 2 heterocycles. The summed E-state index contributed by atoms with van der Waals surface area (Å²) in [7, 11) is -4.86. The molecule has 0 radical (unpaired) electrons. The van der Waals surface area contributed by atoms with Crippen molar-refractivity contribution in [2.45, 2.75) is 89.2 Å². The Morgan fingerprint density at radius 3 is 2.50 bits per heavy atom. The molecule has 0 aliphatic carbocycles. The summed E-state index contributed by atoms with van der Waals surface area (Å²) in [5.74, 6) is 0.536. The number of benzene rings is 1. The molecule has 14 nitrogen and oxygen atoms in total. The minimum atomic E-state index is -4.86. The van der Waals surface area contributed by atoms with Crippen molar-refractivity contribution in [2.75, 3.05) is 30.7 Å². The molecule has 2 aliphatic rings. The zero-order chi connectivity index (χ0) is 32.1. The molecule has 6 N–H and O–H groups in total. The molecular formula is C28H44N5O9PS. The van der Waals surface area contributed by atoms with Crippen LogP contribution in [0.5, 0.6) is 5.75 Å². The number of hydrogen-bond donors (Lipinski definition) is 6. The van der Waals surface area contributed by atoms with Crippen molar-refractivity contribution in [3.05, 3.63) is 23.8 Å². The number of rotatable bonds is 18. The van der Waals surface area contributed by atoms with E-state index in [-0.39, 0.29) is 54.3 Å². The van der Waals surface area contributed by atoms with Gasteiger partial charge in [-0.1, -0.05) is 12.8 Å². The first-order valence-electron chi connectivity index (χ1n) is 15.0. The molecule has 3 rings (SSSR count). The highest BCUT2D eigenvalue weighted by Crippen LogP contribution is 2.40. The highest BCUT2D eigenvalue weighted by molar-refractivity contribution is 8.00. The van der Waals surface area contributed by atoms with Gasteiger partial charge in [-0.15, -0.1) is 0 Å². The summed E-state index contributed by atoms with van der Waals surface area (Å²) in [5, 5.41) is 12.0. The van der Waals surface area contributed by atoms with Gasteiger partial charge in [-0.25, -0.2) is 14.2 Å². The van der Waals surface area contributed by atoms with Crippen molar-refractivity contribution < 1.29 is 42.8 Å². The van der Waals surface area contributed by atoms with Crippen LogP contribution in [-0.4, -0.2) is 81.3 Å². The lowest BCUT2D eigenvalue weighted by molar-refractivity contribution is -0.121. The smallest absolute Gasteiger partial charge is 0.444 e. The number of fused-ring (bicyclic) bond motifs is 1. The fourth-order valence-corrected chi connectivity index (χ4v) is 7.08. The maximum Gasteiger partial charge on any atom is 0.524 e. The maximum atomic E-state index is 12.5. The SMILES string of the molecule is CCN(CC)C(=O)OCc1cc(NC(=O)CCCCCNC(=O)CCCCC2SCC3NC(=O)NC32)ccc1OP(=O)(O)O. The number of phosphoric ester groups is 1. The molecule has 2 saturated heterocycles. The predicted molar refractivity (Wildman–Crippen MR) is 166 cm³/mol. The van der Waals surface area contributed by atoms with E-state index in [1.807, 2.05) is 11.8 Å². The Labute approximate surface area is 262 Å². The fraction of sp³-hybridized carbons (Fsp3) is 0.643. The third-order valence-electron chi connectivity index (χ3n) is 7.42. The number of anilines is 1. The number of nitrogens with one attached hydrogen (secondary N) is 4. The molecule has 0 bridgehead atoms. The number of ether oxygens (including phenoxy) is 1. The average molecular weight is 658 g/mol. The van der Waals surface area contributed by atoms with Crippen LogP contribution in [0.15, 0.2) is 18.2 Å². The van der Waals surface area contributed by atoms with Crippen LogP contribution >= 0.6 is 19.6 Å². The Hall–Kier alpha value is -3.00. The van der Waals surface area contributed by atoms with Gasteiger partial charge in [-0.2, -0.15) is 11.8 Å². The predicted octanol–water partition coefficient (Wildman–Crippen LogP) is 3.48. The summed E-state index contributed by atoms with van der Waals surface area (Å²) in [6.07, 6.45) is 4.93. The zero-order valence-electron chi connectivity index (χ0n) is 25.2. The van der Waals surface area contributed by atoms with Crippen LogP contribution in [0.25, 0.3) is 0 Å². The Kier molecular flexibility index (Phi) is 14.1. The average Bonchev–Trinajstić information content (AvgIpc) is 3.52. The second-order valence-corrected chi connectivity index (χ2v) is 13.1. The first-order chi connectivity index (χ1) is 21.0. The Balaban J connectivity index is 1.31. The molecule has 246 valence electrons. The topological polar surface area (TPSA) is 196 Å². The zero-order valence-corrected chi connectivity index (χ0v) is 26.9. The van der Waals surface area contributed by atoms with Gasteiger partial charge in [0.15, 0.2) is 0 Å². The molecule has 2 fully saturated rings. The Bertz CT molecular complexity index is 1200. The van der Waals surface area contributed by atoms with E-state index < -0.39 is 13.9 Å². The number of phosphoric acid groups is 1. The molecule has 0 aromatic heterocycles. The van der Waals surface area contributed by atoms with Crippen LogP contribution in [0.1, 0.15) is 70.8 Å². The second kappa shape index (κ2) is 17.5. The molecule has 0 spiro atoms. The second-order valence-electron chi connectivity index (χ2n) is 10.7. The number of carbonyl (C=O) groups is 4. The number of carbonyl (C=O) groups excluding carboxylic acids is 4. The molecule has 2 aliphatic heterocycles. The first kappa shape index (κ1) is 35.5. The van der Waals surface area contributed by atoms with Gasteiger partial charge in [-0.3, -0.25) is 19.4 Å². The third-order valence-corrected chi connectivity index (χ3v) is 9.36. The molecule has 44 heavy (non-hydrogen) atoms. The van der Waals surface area contributed by atoms with Gasteiger partial charge in [0, 0.05) is 54.7 Å². The van der Waals surface area contributed by atoms with Crippen molar-refractivity contribution in [2.24, 2.45) is 0 Å². The standard InChI is InChI=1S/C28H44N5O9PS/c1-3-33(4-2)28(37)41-17-19-16-20(13-14-22(19)42-43(38,39)40)30-25(35)12-6-5-9-15-29-24(34)11-8-7-10-23-26-21(18-44-23)31-27(36)32-26/h13-14,16,21,23,26H,3-12,15,17-18H2,1-2H3,(H,29,34)(H,30,35)(H2,31,32,36)(H2,38,39,40). The third kappa shape index (κ3) is 11.8. The van der Waals surface area contributed by atoms with Crippen molar-refractivity contribution in [3.63, 3.8) is 0 Å². The number of unbranched alkanes of at least 4 members (excludes halogenated alkanes) is 3. The minimum Gasteiger partial charge on any atom is -0.444 e. The van der Waals surface area contributed by atoms with E-state index >= 15 is 0 Å². The van der Waals surface area contributed by atoms with Crippen LogP contribution in [0.4, 0.5) is 15.3 Å². The number of hydrogen-bond acceptors (Lipinski definition) is 8. The van der Waals surface area contributed by atoms with Gasteiger partial charge in [0.25, 0.3) is 0 Å². The molecule has 1 aromatic rings. The molecule has 3 unspecified atom stereocenters. The Morgan fingerprint density at radius 1 is 1.05 bits per heavy atom. The normalized spacial score (nSPS) is 19.0. The van der Waals surface area contributed by atoms with Gasteiger partial charge < -0.3 is 35.4 Å². The van der Waals surface area contributed by atoms with Crippen LogP contribution in [0.2, 0.25) is 0 Å². The maximum absolute atomic E-state index is 12.5. The van der Waals surface area contributed by atoms with E-state index in [0.717, 1.165) is 37.9 Å². The highest BCUT2D eigenvalue weighted by Gasteiger charge is 2.42. The molecule has 0 saturated carbocycles. The molecule has 3 atom stereocenters. The van der Waals surface area contributed by atoms with Crippen molar-refractivity contribution in [1.29, 1.82) is 0 Å². The number of amides is 5. The van der Waals surface area contributed by atoms with E-state index in [0.29, 0.717) is 43.4 Å². The van der Waals surface area contributed by atoms with Crippen LogP contribution in [-0.2, 0) is 25.5 Å². The van der Waals surface area contributed by atoms with Crippen LogP contribution < -0.4 is 25.8 Å². The lowest BCUT2D eigenvalue weighted by atomic mass is 10.0. The van der Waals surface area contributed by atoms with Crippen LogP contribution in [0.3, 0.4) is 0 Å². The fourth-order valence-electron chi connectivity index (χ4n) is 5.10. The molecule has 5 amide bonds. The molecular weight excluding hydrogens is 613 g/mol. The van der Waals surface area contributed by atoms with E-state index in [9.17, 15) is 33.5 Å². The number of urea groups is 1. The highest BCUT2D eigenvalue weighted by atomic mass is 32.2. The van der Waals surface area contributed by atoms with Crippen molar-refractivity contribution in [1.82, 2.24) is 20.9 Å². The summed E-state index contributed by atoms with van der Waals surface area (Å²) in [6.45, 7) is 4.70. The van der Waals surface area contributed by atoms with E-state index in [1.54, 1.807) is 13.8 Å². The summed E-state index contributed by atoms with van der Waals surface area (Å²) in [4.78, 5) is 68.2. The van der Waals surface area contributed by atoms with Crippen molar-refractivity contribution in [3.8, 4) is 5.75 Å². The van der Waals surface area contributed by atoms with Crippen LogP contribution in [0, 0.1) is 0 Å². The summed E-state index contributed by atoms with van der Waals surface area (Å²) in [5.41, 5.74) is 0.554. The first-order valence-corrected chi connectivity index (χ1v) is 17.6. The van der Waals surface area contributed by atoms with E-state index in [1.165, 1.54) is 23.1 Å². The van der Waals surface area contributed by atoms with Gasteiger partial charge in [0.2, 0.25) is 11.8 Å². The molecule has 1 aromatic carbocycles. The Morgan fingerprint density at radius 2 is 1.77 bits per heavy atom. The van der Waals surface area contributed by atoms with E-state index in [4.69, 9.17) is 9.26 Å². The van der Waals surface area contributed by atoms with Crippen molar-refractivity contribution >= 4 is 49.2 Å². The summed E-state index contributed by atoms with van der Waals surface area (Å²) in [6, 6.07) is 4.50. The van der Waals surface area contributed by atoms with Gasteiger partial charge in [-0.05, 0) is 57.7 Å². The van der Waals surface area contributed by atoms with Gasteiger partial charge >= 0.3 is 19.9 Å². The largest absolute Gasteiger partial charge is 0.524 e.